The van der Waals surface area contributed by atoms with E-state index < -0.39 is 0 Å². The number of aromatic nitrogens is 2. The van der Waals surface area contributed by atoms with Crippen molar-refractivity contribution in [1.82, 2.24) is 9.97 Å². The topological polar surface area (TPSA) is 51.8 Å². The third kappa shape index (κ3) is 2.50. The van der Waals surface area contributed by atoms with E-state index in [4.69, 9.17) is 5.73 Å². The molecule has 2 N–H and O–H groups in total. The van der Waals surface area contributed by atoms with E-state index in [0.29, 0.717) is 0 Å². The Morgan fingerprint density at radius 1 is 1.22 bits per heavy atom. The number of pyridine rings is 1. The van der Waals surface area contributed by atoms with E-state index in [1.807, 2.05) is 30.3 Å². The van der Waals surface area contributed by atoms with E-state index in [1.54, 1.807) is 29.3 Å². The highest BCUT2D eigenvalue weighted by atomic mass is 79.9. The van der Waals surface area contributed by atoms with Gasteiger partial charge in [-0.05, 0) is 58.0 Å². The molecule has 0 saturated heterocycles. The van der Waals surface area contributed by atoms with Crippen LogP contribution in [-0.4, -0.2) is 9.97 Å². The highest BCUT2D eigenvalue weighted by molar-refractivity contribution is 9.10. The number of anilines is 1. The number of fused-ring (bicyclic) bond motifs is 1. The van der Waals surface area contributed by atoms with Crippen LogP contribution in [0.1, 0.15) is 0 Å². The molecule has 0 radical (unpaired) electrons. The highest BCUT2D eigenvalue weighted by Gasteiger charge is 2.06. The normalized spacial score (nSPS) is 10.9. The Bertz CT molecular complexity index is 694. The van der Waals surface area contributed by atoms with Gasteiger partial charge in [-0.3, -0.25) is 0 Å². The number of nitrogen functional groups attached to an aromatic ring is 1. The number of benzene rings is 1. The lowest BCUT2D eigenvalue weighted by atomic mass is 10.3. The van der Waals surface area contributed by atoms with Crippen molar-refractivity contribution < 1.29 is 0 Å². The minimum Gasteiger partial charge on any atom is -0.399 e. The van der Waals surface area contributed by atoms with Gasteiger partial charge >= 0.3 is 0 Å². The van der Waals surface area contributed by atoms with Gasteiger partial charge in [-0.1, -0.05) is 0 Å². The number of hydrogen-bond donors (Lipinski definition) is 1. The van der Waals surface area contributed by atoms with Crippen LogP contribution in [0.2, 0.25) is 0 Å². The lowest BCUT2D eigenvalue weighted by Gasteiger charge is -1.95. The van der Waals surface area contributed by atoms with Crippen molar-refractivity contribution in [2.24, 2.45) is 0 Å². The summed E-state index contributed by atoms with van der Waals surface area (Å²) in [5.74, 6) is 0. The Hall–Kier alpha value is -1.11. The molecule has 2 aromatic heterocycles. The number of hydrogen-bond acceptors (Lipinski definition) is 5. The van der Waals surface area contributed by atoms with Crippen molar-refractivity contribution in [3.8, 4) is 0 Å². The van der Waals surface area contributed by atoms with Crippen LogP contribution in [-0.2, 0) is 0 Å². The predicted molar refractivity (Wildman–Crippen MR) is 80.1 cm³/mol. The number of nitrogens with zero attached hydrogens (tertiary/aromatic N) is 2. The van der Waals surface area contributed by atoms with Crippen LogP contribution in [0.3, 0.4) is 0 Å². The zero-order valence-corrected chi connectivity index (χ0v) is 12.3. The Labute approximate surface area is 121 Å². The fourth-order valence-corrected chi connectivity index (χ4v) is 3.71. The number of thiazole rings is 1. The van der Waals surface area contributed by atoms with Gasteiger partial charge in [0.25, 0.3) is 0 Å². The second-order valence-corrected chi connectivity index (χ2v) is 6.84. The van der Waals surface area contributed by atoms with Gasteiger partial charge in [0, 0.05) is 16.4 Å². The summed E-state index contributed by atoms with van der Waals surface area (Å²) in [6.07, 6.45) is 1.79. The molecule has 0 saturated carbocycles. The van der Waals surface area contributed by atoms with Gasteiger partial charge in [-0.15, -0.1) is 11.3 Å². The van der Waals surface area contributed by atoms with Crippen molar-refractivity contribution >= 4 is 54.9 Å². The van der Waals surface area contributed by atoms with Gasteiger partial charge in [0.2, 0.25) is 0 Å². The largest absolute Gasteiger partial charge is 0.399 e. The third-order valence-corrected chi connectivity index (χ3v) is 4.78. The molecule has 3 nitrogen and oxygen atoms in total. The molecule has 2 heterocycles. The first-order chi connectivity index (χ1) is 8.70. The first kappa shape index (κ1) is 12.0. The number of halogens is 1. The maximum absolute atomic E-state index is 5.76. The number of nitrogens with two attached hydrogens (primary N) is 1. The molecule has 0 aliphatic rings. The van der Waals surface area contributed by atoms with Crippen LogP contribution in [0, 0.1) is 0 Å². The standard InChI is InChI=1S/C12H8BrN3S2/c13-7-1-4-11(15-6-7)18-12-16-9-3-2-8(14)5-10(9)17-12/h1-6H,14H2. The molecule has 0 aliphatic heterocycles. The van der Waals surface area contributed by atoms with Crippen LogP contribution in [0.5, 0.6) is 0 Å². The molecule has 0 amide bonds. The van der Waals surface area contributed by atoms with Crippen LogP contribution >= 0.6 is 39.0 Å². The van der Waals surface area contributed by atoms with E-state index in [1.165, 1.54) is 0 Å². The molecule has 0 bridgehead atoms. The van der Waals surface area contributed by atoms with Crippen LogP contribution in [0.15, 0.2) is 50.4 Å². The fourth-order valence-electron chi connectivity index (χ4n) is 1.48. The SMILES string of the molecule is Nc1ccc2nc(Sc3ccc(Br)cn3)sc2c1. The molecule has 0 aliphatic carbocycles. The molecule has 90 valence electrons. The Morgan fingerprint density at radius 3 is 2.89 bits per heavy atom. The molecular formula is C12H8BrN3S2. The molecule has 1 aromatic carbocycles. The second kappa shape index (κ2) is 4.87. The zero-order chi connectivity index (χ0) is 12.5. The summed E-state index contributed by atoms with van der Waals surface area (Å²) in [5, 5.41) is 0.935. The summed E-state index contributed by atoms with van der Waals surface area (Å²) in [6, 6.07) is 9.70. The van der Waals surface area contributed by atoms with Gasteiger partial charge in [-0.2, -0.15) is 0 Å². The molecule has 3 aromatic rings. The van der Waals surface area contributed by atoms with E-state index >= 15 is 0 Å². The van der Waals surface area contributed by atoms with Crippen molar-refractivity contribution in [3.05, 3.63) is 41.0 Å². The van der Waals surface area contributed by atoms with Crippen molar-refractivity contribution in [2.75, 3.05) is 5.73 Å². The minimum atomic E-state index is 0.768. The van der Waals surface area contributed by atoms with Crippen LogP contribution < -0.4 is 5.73 Å². The quantitative estimate of drug-likeness (QED) is 0.712. The average Bonchev–Trinajstić information content (AvgIpc) is 2.73. The maximum Gasteiger partial charge on any atom is 0.157 e. The lowest BCUT2D eigenvalue weighted by molar-refractivity contribution is 1.12. The number of rotatable bonds is 2. The highest BCUT2D eigenvalue weighted by Crippen LogP contribution is 2.34. The minimum absolute atomic E-state index is 0.768. The van der Waals surface area contributed by atoms with E-state index in [-0.39, 0.29) is 0 Å². The summed E-state index contributed by atoms with van der Waals surface area (Å²) >= 11 is 6.56. The first-order valence-electron chi connectivity index (χ1n) is 5.16. The molecular weight excluding hydrogens is 330 g/mol. The fraction of sp³-hybridized carbons (Fsp3) is 0. The Morgan fingerprint density at radius 2 is 2.11 bits per heavy atom. The van der Waals surface area contributed by atoms with Crippen LogP contribution in [0.25, 0.3) is 10.2 Å². The molecule has 0 unspecified atom stereocenters. The molecule has 0 spiro atoms. The first-order valence-corrected chi connectivity index (χ1v) is 7.59. The second-order valence-electron chi connectivity index (χ2n) is 3.62. The van der Waals surface area contributed by atoms with Crippen LogP contribution in [0.4, 0.5) is 5.69 Å². The summed E-state index contributed by atoms with van der Waals surface area (Å²) in [4.78, 5) is 8.87. The monoisotopic (exact) mass is 337 g/mol. The zero-order valence-electron chi connectivity index (χ0n) is 9.13. The Balaban J connectivity index is 1.92. The van der Waals surface area contributed by atoms with Crippen molar-refractivity contribution in [1.29, 1.82) is 0 Å². The van der Waals surface area contributed by atoms with Gasteiger partial charge in [0.15, 0.2) is 4.34 Å². The average molecular weight is 338 g/mol. The van der Waals surface area contributed by atoms with Gasteiger partial charge in [0.1, 0.15) is 5.03 Å². The third-order valence-electron chi connectivity index (χ3n) is 2.29. The smallest absolute Gasteiger partial charge is 0.157 e. The molecule has 3 rings (SSSR count). The van der Waals surface area contributed by atoms with Crippen molar-refractivity contribution in [3.63, 3.8) is 0 Å². The van der Waals surface area contributed by atoms with Gasteiger partial charge in [0.05, 0.1) is 10.2 Å². The summed E-state index contributed by atoms with van der Waals surface area (Å²) in [7, 11) is 0. The van der Waals surface area contributed by atoms with Gasteiger partial charge in [-0.25, -0.2) is 9.97 Å². The predicted octanol–water partition coefficient (Wildman–Crippen LogP) is 4.19. The Kier molecular flexibility index (Phi) is 3.23. The molecule has 0 fully saturated rings. The van der Waals surface area contributed by atoms with E-state index in [2.05, 4.69) is 25.9 Å². The van der Waals surface area contributed by atoms with Gasteiger partial charge < -0.3 is 5.73 Å². The summed E-state index contributed by atoms with van der Waals surface area (Å²) in [6.45, 7) is 0. The molecule has 18 heavy (non-hydrogen) atoms. The summed E-state index contributed by atoms with van der Waals surface area (Å²) in [5.41, 5.74) is 7.51. The van der Waals surface area contributed by atoms with E-state index in [9.17, 15) is 0 Å². The molecule has 0 atom stereocenters. The summed E-state index contributed by atoms with van der Waals surface area (Å²) < 4.78 is 3.06. The molecule has 6 heteroatoms. The lowest BCUT2D eigenvalue weighted by Crippen LogP contribution is -1.81. The van der Waals surface area contributed by atoms with E-state index in [0.717, 1.165) is 29.7 Å². The van der Waals surface area contributed by atoms with Crippen molar-refractivity contribution in [2.45, 2.75) is 9.37 Å². The maximum atomic E-state index is 5.76.